The smallest absolute Gasteiger partial charge is 0.184 e. The summed E-state index contributed by atoms with van der Waals surface area (Å²) in [6.45, 7) is 6.03. The average Bonchev–Trinajstić information content (AvgIpc) is 3.11. The van der Waals surface area contributed by atoms with Gasteiger partial charge in [0.25, 0.3) is 0 Å². The highest BCUT2D eigenvalue weighted by atomic mass is 32.1. The van der Waals surface area contributed by atoms with Crippen LogP contribution in [0.1, 0.15) is 5.56 Å². The molecule has 1 aromatic heterocycles. The maximum Gasteiger partial charge on any atom is 0.184 e. The number of nitrogens with one attached hydrogen (secondary N) is 1. The van der Waals surface area contributed by atoms with Gasteiger partial charge in [-0.2, -0.15) is 0 Å². The molecule has 1 saturated heterocycles. The van der Waals surface area contributed by atoms with E-state index < -0.39 is 0 Å². The molecule has 0 radical (unpaired) electrons. The molecule has 2 aromatic carbocycles. The number of benzene rings is 2. The molecule has 0 spiro atoms. The molecule has 6 heteroatoms. The second kappa shape index (κ2) is 8.49. The summed E-state index contributed by atoms with van der Waals surface area (Å²) in [6, 6.07) is 16.5. The Morgan fingerprint density at radius 1 is 1.12 bits per heavy atom. The van der Waals surface area contributed by atoms with Crippen LogP contribution < -0.4 is 10.1 Å². The first-order chi connectivity index (χ1) is 12.9. The number of anilines is 1. The van der Waals surface area contributed by atoms with Crippen LogP contribution in [-0.2, 0) is 11.3 Å². The van der Waals surface area contributed by atoms with E-state index in [9.17, 15) is 0 Å². The van der Waals surface area contributed by atoms with E-state index in [0.717, 1.165) is 55.8 Å². The van der Waals surface area contributed by atoms with Gasteiger partial charge >= 0.3 is 0 Å². The molecule has 5 nitrogen and oxygen atoms in total. The van der Waals surface area contributed by atoms with Crippen molar-refractivity contribution in [1.29, 1.82) is 0 Å². The van der Waals surface area contributed by atoms with E-state index in [1.165, 1.54) is 10.3 Å². The number of thiazole rings is 1. The summed E-state index contributed by atoms with van der Waals surface area (Å²) in [5, 5.41) is 4.36. The van der Waals surface area contributed by atoms with Gasteiger partial charge in [-0.25, -0.2) is 4.98 Å². The Balaban J connectivity index is 1.29. The van der Waals surface area contributed by atoms with E-state index in [-0.39, 0.29) is 0 Å². The Labute approximate surface area is 157 Å². The van der Waals surface area contributed by atoms with Crippen molar-refractivity contribution in [3.05, 3.63) is 54.1 Å². The maximum atomic E-state index is 5.93. The van der Waals surface area contributed by atoms with Crippen LogP contribution in [0, 0.1) is 0 Å². The quantitative estimate of drug-likeness (QED) is 0.689. The number of morpholine rings is 1. The van der Waals surface area contributed by atoms with Gasteiger partial charge in [-0.05, 0) is 29.8 Å². The van der Waals surface area contributed by atoms with Gasteiger partial charge in [0, 0.05) is 26.2 Å². The van der Waals surface area contributed by atoms with Crippen molar-refractivity contribution >= 4 is 26.7 Å². The van der Waals surface area contributed by atoms with Crippen LogP contribution in [0.3, 0.4) is 0 Å². The van der Waals surface area contributed by atoms with Gasteiger partial charge < -0.3 is 14.8 Å². The van der Waals surface area contributed by atoms with Crippen LogP contribution in [0.2, 0.25) is 0 Å². The standard InChI is InChI=1S/C20H23N3O2S/c1-2-7-19-18(6-1)22-20(26-19)21-15-16-4-3-5-17(14-16)25-13-10-23-8-11-24-12-9-23/h1-7,14H,8-13,15H2,(H,21,22). The molecule has 0 amide bonds. The second-order valence-electron chi connectivity index (χ2n) is 6.29. The van der Waals surface area contributed by atoms with Crippen molar-refractivity contribution in [2.45, 2.75) is 6.54 Å². The lowest BCUT2D eigenvalue weighted by Crippen LogP contribution is -2.38. The zero-order chi connectivity index (χ0) is 17.6. The lowest BCUT2D eigenvalue weighted by Gasteiger charge is -2.26. The second-order valence-corrected chi connectivity index (χ2v) is 7.32. The molecule has 1 N–H and O–H groups in total. The molecule has 3 aromatic rings. The lowest BCUT2D eigenvalue weighted by molar-refractivity contribution is 0.0322. The molecule has 0 bridgehead atoms. The number of hydrogen-bond donors (Lipinski definition) is 1. The summed E-state index contributed by atoms with van der Waals surface area (Å²) >= 11 is 1.68. The lowest BCUT2D eigenvalue weighted by atomic mass is 10.2. The summed E-state index contributed by atoms with van der Waals surface area (Å²) in [5.74, 6) is 0.918. The first kappa shape index (κ1) is 17.3. The third kappa shape index (κ3) is 4.52. The van der Waals surface area contributed by atoms with Crippen LogP contribution >= 0.6 is 11.3 Å². The summed E-state index contributed by atoms with van der Waals surface area (Å²) in [6.07, 6.45) is 0. The first-order valence-electron chi connectivity index (χ1n) is 8.98. The minimum atomic E-state index is 0.703. The molecule has 0 unspecified atom stereocenters. The largest absolute Gasteiger partial charge is 0.492 e. The Kier molecular flexibility index (Phi) is 5.64. The van der Waals surface area contributed by atoms with Crippen molar-refractivity contribution < 1.29 is 9.47 Å². The molecular weight excluding hydrogens is 346 g/mol. The summed E-state index contributed by atoms with van der Waals surface area (Å²) in [4.78, 5) is 6.99. The SMILES string of the molecule is c1cc(CNc2nc3ccccc3s2)cc(OCCN2CCOCC2)c1. The van der Waals surface area contributed by atoms with Gasteiger partial charge in [0.2, 0.25) is 0 Å². The Hall–Kier alpha value is -2.15. The normalized spacial score (nSPS) is 15.2. The number of para-hydroxylation sites is 1. The zero-order valence-electron chi connectivity index (χ0n) is 14.7. The highest BCUT2D eigenvalue weighted by molar-refractivity contribution is 7.22. The number of nitrogens with zero attached hydrogens (tertiary/aromatic N) is 2. The molecule has 4 rings (SSSR count). The summed E-state index contributed by atoms with van der Waals surface area (Å²) in [5.41, 5.74) is 2.23. The van der Waals surface area contributed by atoms with Crippen LogP contribution in [0.25, 0.3) is 10.2 Å². The highest BCUT2D eigenvalue weighted by Crippen LogP contribution is 2.26. The topological polar surface area (TPSA) is 46.6 Å². The highest BCUT2D eigenvalue weighted by Gasteiger charge is 2.10. The van der Waals surface area contributed by atoms with Crippen LogP contribution in [0.4, 0.5) is 5.13 Å². The fourth-order valence-corrected chi connectivity index (χ4v) is 3.85. The van der Waals surface area contributed by atoms with Gasteiger partial charge in [-0.1, -0.05) is 35.6 Å². The third-order valence-corrected chi connectivity index (χ3v) is 5.41. The molecule has 1 aliphatic rings. The molecular formula is C20H23N3O2S. The third-order valence-electron chi connectivity index (χ3n) is 4.42. The first-order valence-corrected chi connectivity index (χ1v) is 9.80. The molecule has 0 atom stereocenters. The van der Waals surface area contributed by atoms with Crippen LogP contribution in [-0.4, -0.2) is 49.3 Å². The molecule has 26 heavy (non-hydrogen) atoms. The zero-order valence-corrected chi connectivity index (χ0v) is 15.5. The molecule has 2 heterocycles. The van der Waals surface area contributed by atoms with Crippen LogP contribution in [0.5, 0.6) is 5.75 Å². The fraction of sp³-hybridized carbons (Fsp3) is 0.350. The molecule has 0 aliphatic carbocycles. The van der Waals surface area contributed by atoms with Crippen molar-refractivity contribution in [2.75, 3.05) is 44.8 Å². The minimum absolute atomic E-state index is 0.703. The molecule has 0 saturated carbocycles. The number of fused-ring (bicyclic) bond motifs is 1. The van der Waals surface area contributed by atoms with E-state index in [1.807, 2.05) is 30.3 Å². The van der Waals surface area contributed by atoms with E-state index >= 15 is 0 Å². The fourth-order valence-electron chi connectivity index (χ4n) is 2.99. The predicted octanol–water partition coefficient (Wildman–Crippen LogP) is 3.62. The van der Waals surface area contributed by atoms with Crippen molar-refractivity contribution in [1.82, 2.24) is 9.88 Å². The van der Waals surface area contributed by atoms with E-state index in [4.69, 9.17) is 9.47 Å². The Morgan fingerprint density at radius 2 is 2.00 bits per heavy atom. The van der Waals surface area contributed by atoms with Gasteiger partial charge in [-0.15, -0.1) is 0 Å². The van der Waals surface area contributed by atoms with Crippen LogP contribution in [0.15, 0.2) is 48.5 Å². The number of hydrogen-bond acceptors (Lipinski definition) is 6. The molecule has 1 fully saturated rings. The van der Waals surface area contributed by atoms with Gasteiger partial charge in [0.1, 0.15) is 12.4 Å². The number of aromatic nitrogens is 1. The summed E-state index contributed by atoms with van der Waals surface area (Å²) < 4.78 is 12.5. The van der Waals surface area contributed by atoms with E-state index in [1.54, 1.807) is 11.3 Å². The summed E-state index contributed by atoms with van der Waals surface area (Å²) in [7, 11) is 0. The molecule has 1 aliphatic heterocycles. The Bertz CT molecular complexity index is 813. The average molecular weight is 369 g/mol. The molecule has 136 valence electrons. The monoisotopic (exact) mass is 369 g/mol. The maximum absolute atomic E-state index is 5.93. The van der Waals surface area contributed by atoms with Gasteiger partial charge in [0.15, 0.2) is 5.13 Å². The predicted molar refractivity (Wildman–Crippen MR) is 106 cm³/mol. The Morgan fingerprint density at radius 3 is 2.88 bits per heavy atom. The van der Waals surface area contributed by atoms with E-state index in [2.05, 4.69) is 33.4 Å². The van der Waals surface area contributed by atoms with Crippen molar-refractivity contribution in [3.8, 4) is 5.75 Å². The minimum Gasteiger partial charge on any atom is -0.492 e. The van der Waals surface area contributed by atoms with Crippen molar-refractivity contribution in [2.24, 2.45) is 0 Å². The van der Waals surface area contributed by atoms with Gasteiger partial charge in [0.05, 0.1) is 23.4 Å². The van der Waals surface area contributed by atoms with Crippen molar-refractivity contribution in [3.63, 3.8) is 0 Å². The number of ether oxygens (including phenoxy) is 2. The van der Waals surface area contributed by atoms with E-state index in [0.29, 0.717) is 6.61 Å². The van der Waals surface area contributed by atoms with Gasteiger partial charge in [-0.3, -0.25) is 4.90 Å². The number of rotatable bonds is 7.